The largest absolute Gasteiger partial charge is 0.486 e. The van der Waals surface area contributed by atoms with Crippen molar-refractivity contribution < 1.29 is 33.4 Å². The second-order valence-corrected chi connectivity index (χ2v) is 9.33. The lowest BCUT2D eigenvalue weighted by molar-refractivity contribution is -0.140. The second-order valence-electron chi connectivity index (χ2n) is 9.33. The van der Waals surface area contributed by atoms with E-state index in [1.807, 2.05) is 54.6 Å². The maximum Gasteiger partial charge on any atom is 0.337 e. The molecule has 8 nitrogen and oxygen atoms in total. The molecule has 0 aliphatic heterocycles. The van der Waals surface area contributed by atoms with Crippen molar-refractivity contribution in [1.29, 1.82) is 0 Å². The van der Waals surface area contributed by atoms with Crippen LogP contribution in [-0.2, 0) is 25.5 Å². The first kappa shape index (κ1) is 28.3. The van der Waals surface area contributed by atoms with Crippen LogP contribution in [0, 0.1) is 0 Å². The summed E-state index contributed by atoms with van der Waals surface area (Å²) in [6, 6.07) is 22.3. The van der Waals surface area contributed by atoms with E-state index in [1.165, 1.54) is 14.2 Å². The van der Waals surface area contributed by atoms with E-state index in [0.717, 1.165) is 11.1 Å². The molecule has 0 aliphatic carbocycles. The average molecular weight is 542 g/mol. The molecule has 0 aliphatic rings. The van der Waals surface area contributed by atoms with E-state index in [1.54, 1.807) is 18.2 Å². The Morgan fingerprint density at radius 1 is 0.775 bits per heavy atom. The first-order valence-corrected chi connectivity index (χ1v) is 13.0. The normalized spacial score (nSPS) is 10.8. The van der Waals surface area contributed by atoms with Crippen LogP contribution in [-0.4, -0.2) is 49.3 Å². The fraction of sp³-hybridized carbons (Fsp3) is 0.250. The lowest BCUT2D eigenvalue weighted by atomic mass is 9.98. The summed E-state index contributed by atoms with van der Waals surface area (Å²) in [5.41, 5.74) is 3.88. The van der Waals surface area contributed by atoms with Gasteiger partial charge in [-0.25, -0.2) is 4.79 Å². The molecule has 0 bridgehead atoms. The number of aromatic amines is 1. The molecule has 0 amide bonds. The van der Waals surface area contributed by atoms with Gasteiger partial charge in [0, 0.05) is 35.0 Å². The van der Waals surface area contributed by atoms with Gasteiger partial charge in [0.25, 0.3) is 0 Å². The number of fused-ring (bicyclic) bond motifs is 1. The number of carbonyl (C=O) groups excluding carboxylic acids is 4. The molecular formula is C32H31NO7. The minimum absolute atomic E-state index is 0.0480. The lowest BCUT2D eigenvalue weighted by Gasteiger charge is -2.08. The highest BCUT2D eigenvalue weighted by Gasteiger charge is 2.22. The maximum atomic E-state index is 13.3. The predicted molar refractivity (Wildman–Crippen MR) is 151 cm³/mol. The third kappa shape index (κ3) is 7.02. The zero-order valence-corrected chi connectivity index (χ0v) is 22.5. The van der Waals surface area contributed by atoms with Crippen LogP contribution in [0.5, 0.6) is 5.75 Å². The number of esters is 2. The van der Waals surface area contributed by atoms with Gasteiger partial charge in [0.2, 0.25) is 0 Å². The molecule has 4 rings (SSSR count). The number of Topliss-reactive ketones (excluding diaryl/α,β-unsaturated/α-hetero) is 2. The van der Waals surface area contributed by atoms with Gasteiger partial charge in [0.15, 0.2) is 11.6 Å². The van der Waals surface area contributed by atoms with Crippen LogP contribution < -0.4 is 4.74 Å². The number of hydrogen-bond acceptors (Lipinski definition) is 7. The lowest BCUT2D eigenvalue weighted by Crippen LogP contribution is -2.16. The van der Waals surface area contributed by atoms with Crippen molar-refractivity contribution in [3.05, 3.63) is 89.6 Å². The van der Waals surface area contributed by atoms with Crippen molar-refractivity contribution in [2.24, 2.45) is 0 Å². The Balaban J connectivity index is 1.48. The van der Waals surface area contributed by atoms with Crippen molar-refractivity contribution in [1.82, 2.24) is 4.98 Å². The van der Waals surface area contributed by atoms with Crippen molar-refractivity contribution in [2.45, 2.75) is 32.1 Å². The zero-order valence-electron chi connectivity index (χ0n) is 22.5. The third-order valence-corrected chi connectivity index (χ3v) is 6.57. The molecule has 40 heavy (non-hydrogen) atoms. The van der Waals surface area contributed by atoms with Crippen LogP contribution >= 0.6 is 0 Å². The molecule has 1 heterocycles. The number of nitrogens with one attached hydrogen (secondary N) is 1. The smallest absolute Gasteiger partial charge is 0.337 e. The molecule has 4 aromatic rings. The van der Waals surface area contributed by atoms with E-state index in [9.17, 15) is 19.2 Å². The van der Waals surface area contributed by atoms with Crippen LogP contribution in [0.3, 0.4) is 0 Å². The van der Waals surface area contributed by atoms with Gasteiger partial charge in [-0.1, -0.05) is 42.5 Å². The standard InChI is InChI=1S/C32H31NO7/c1-38-30(36)11-7-6-10-29(35)31-26-18-23(32(37)39-2)14-17-27(26)33-28(31)19-24(34)20-40-25-15-12-22(13-16-25)21-8-4-3-5-9-21/h3-5,8-9,12-18,33H,6-7,10-11,19-20H2,1-2H3. The maximum absolute atomic E-state index is 13.3. The summed E-state index contributed by atoms with van der Waals surface area (Å²) in [6.45, 7) is -0.166. The van der Waals surface area contributed by atoms with Gasteiger partial charge in [-0.2, -0.15) is 0 Å². The second kappa shape index (κ2) is 13.4. The number of H-pyrrole nitrogens is 1. The number of hydrogen-bond donors (Lipinski definition) is 1. The summed E-state index contributed by atoms with van der Waals surface area (Å²) in [7, 11) is 2.61. The molecule has 8 heteroatoms. The Kier molecular flexibility index (Phi) is 9.46. The quantitative estimate of drug-likeness (QED) is 0.131. The molecule has 3 aromatic carbocycles. The molecule has 0 radical (unpaired) electrons. The minimum atomic E-state index is -0.524. The van der Waals surface area contributed by atoms with Crippen LogP contribution in [0.2, 0.25) is 0 Å². The van der Waals surface area contributed by atoms with Gasteiger partial charge in [0.05, 0.1) is 26.2 Å². The van der Waals surface area contributed by atoms with Crippen molar-refractivity contribution >= 4 is 34.4 Å². The topological polar surface area (TPSA) is 112 Å². The fourth-order valence-corrected chi connectivity index (χ4v) is 4.51. The van der Waals surface area contributed by atoms with Gasteiger partial charge < -0.3 is 19.2 Å². The zero-order chi connectivity index (χ0) is 28.5. The van der Waals surface area contributed by atoms with Crippen LogP contribution in [0.25, 0.3) is 22.0 Å². The molecule has 206 valence electrons. The highest BCUT2D eigenvalue weighted by atomic mass is 16.5. The van der Waals surface area contributed by atoms with Crippen molar-refractivity contribution in [3.8, 4) is 16.9 Å². The Hall–Kier alpha value is -4.72. The summed E-state index contributed by atoms with van der Waals surface area (Å²) in [5.74, 6) is -0.689. The van der Waals surface area contributed by atoms with Gasteiger partial charge >= 0.3 is 11.9 Å². The van der Waals surface area contributed by atoms with E-state index in [4.69, 9.17) is 9.47 Å². The molecule has 0 fully saturated rings. The number of methoxy groups -OCH3 is 2. The first-order valence-electron chi connectivity index (χ1n) is 13.0. The number of ketones is 2. The predicted octanol–water partition coefficient (Wildman–Crippen LogP) is 5.73. The van der Waals surface area contributed by atoms with E-state index in [-0.39, 0.29) is 43.4 Å². The molecule has 0 saturated heterocycles. The Morgan fingerprint density at radius 3 is 2.17 bits per heavy atom. The Bertz CT molecular complexity index is 1500. The molecule has 0 unspecified atom stereocenters. The van der Waals surface area contributed by atoms with E-state index >= 15 is 0 Å². The van der Waals surface area contributed by atoms with E-state index < -0.39 is 5.97 Å². The van der Waals surface area contributed by atoms with Crippen LogP contribution in [0.15, 0.2) is 72.8 Å². The number of ether oxygens (including phenoxy) is 3. The number of rotatable bonds is 13. The monoisotopic (exact) mass is 541 g/mol. The third-order valence-electron chi connectivity index (χ3n) is 6.57. The summed E-state index contributed by atoms with van der Waals surface area (Å²) in [5, 5.41) is 0.543. The molecule has 1 N–H and O–H groups in total. The fourth-order valence-electron chi connectivity index (χ4n) is 4.51. The number of aromatic nitrogens is 1. The first-order chi connectivity index (χ1) is 19.4. The molecule has 0 saturated carbocycles. The summed E-state index contributed by atoms with van der Waals surface area (Å²) < 4.78 is 15.2. The number of unbranched alkanes of at least 4 members (excludes halogenated alkanes) is 1. The van der Waals surface area contributed by atoms with Crippen LogP contribution in [0.4, 0.5) is 0 Å². The Labute approximate surface area is 232 Å². The van der Waals surface area contributed by atoms with E-state index in [0.29, 0.717) is 46.3 Å². The van der Waals surface area contributed by atoms with Crippen molar-refractivity contribution in [2.75, 3.05) is 20.8 Å². The number of carbonyl (C=O) groups is 4. The van der Waals surface area contributed by atoms with Crippen molar-refractivity contribution in [3.63, 3.8) is 0 Å². The van der Waals surface area contributed by atoms with Gasteiger partial charge in [-0.05, 0) is 54.3 Å². The number of benzene rings is 3. The SMILES string of the molecule is COC(=O)CCCCC(=O)c1c(CC(=O)COc2ccc(-c3ccccc3)cc2)[nH]c2ccc(C(=O)OC)cc12. The van der Waals surface area contributed by atoms with Crippen LogP contribution in [0.1, 0.15) is 52.1 Å². The highest BCUT2D eigenvalue weighted by Crippen LogP contribution is 2.27. The summed E-state index contributed by atoms with van der Waals surface area (Å²) >= 11 is 0. The molecular weight excluding hydrogens is 510 g/mol. The Morgan fingerprint density at radius 2 is 1.48 bits per heavy atom. The minimum Gasteiger partial charge on any atom is -0.486 e. The van der Waals surface area contributed by atoms with Gasteiger partial charge in [-0.15, -0.1) is 0 Å². The van der Waals surface area contributed by atoms with Gasteiger partial charge in [-0.3, -0.25) is 14.4 Å². The average Bonchev–Trinajstić information content (AvgIpc) is 3.35. The summed E-state index contributed by atoms with van der Waals surface area (Å²) in [4.78, 5) is 53.0. The highest BCUT2D eigenvalue weighted by molar-refractivity contribution is 6.11. The summed E-state index contributed by atoms with van der Waals surface area (Å²) in [6.07, 6.45) is 1.33. The molecule has 1 aromatic heterocycles. The molecule has 0 spiro atoms. The molecule has 0 atom stereocenters. The van der Waals surface area contributed by atoms with Gasteiger partial charge in [0.1, 0.15) is 12.4 Å². The van der Waals surface area contributed by atoms with E-state index in [2.05, 4.69) is 9.72 Å².